The molecule has 9 heteroatoms. The SMILES string of the molecule is CCOc1cc(/C=N/Nc2cccc(C(=O)O)c2)c(Br)cc1OCC(=O)O. The van der Waals surface area contributed by atoms with E-state index in [-0.39, 0.29) is 5.56 Å². The lowest BCUT2D eigenvalue weighted by Crippen LogP contribution is -2.10. The number of hydrogen-bond acceptors (Lipinski definition) is 6. The second-order valence-corrected chi connectivity index (χ2v) is 6.05. The number of hydrogen-bond donors (Lipinski definition) is 3. The highest BCUT2D eigenvalue weighted by Crippen LogP contribution is 2.33. The van der Waals surface area contributed by atoms with Gasteiger partial charge in [0.2, 0.25) is 0 Å². The molecule has 2 rings (SSSR count). The number of aliphatic carboxylic acids is 1. The third-order valence-corrected chi connectivity index (χ3v) is 3.91. The van der Waals surface area contributed by atoms with Gasteiger partial charge in [-0.3, -0.25) is 5.43 Å². The average molecular weight is 437 g/mol. The molecule has 0 heterocycles. The summed E-state index contributed by atoms with van der Waals surface area (Å²) in [4.78, 5) is 21.7. The smallest absolute Gasteiger partial charge is 0.341 e. The second kappa shape index (κ2) is 9.58. The van der Waals surface area contributed by atoms with Crippen molar-refractivity contribution in [1.29, 1.82) is 0 Å². The summed E-state index contributed by atoms with van der Waals surface area (Å²) in [6, 6.07) is 9.50. The van der Waals surface area contributed by atoms with Gasteiger partial charge in [-0.25, -0.2) is 9.59 Å². The van der Waals surface area contributed by atoms with Crippen molar-refractivity contribution in [2.45, 2.75) is 6.92 Å². The van der Waals surface area contributed by atoms with E-state index in [1.807, 2.05) is 0 Å². The fourth-order valence-electron chi connectivity index (χ4n) is 2.07. The normalized spacial score (nSPS) is 10.6. The number of nitrogens with zero attached hydrogens (tertiary/aromatic N) is 1. The number of carboxylic acids is 2. The van der Waals surface area contributed by atoms with Crippen LogP contribution >= 0.6 is 15.9 Å². The van der Waals surface area contributed by atoms with Crippen LogP contribution in [0.15, 0.2) is 46.0 Å². The minimum atomic E-state index is -1.09. The fraction of sp³-hybridized carbons (Fsp3) is 0.167. The van der Waals surface area contributed by atoms with Crippen molar-refractivity contribution >= 4 is 39.8 Å². The van der Waals surface area contributed by atoms with Crippen LogP contribution in [-0.4, -0.2) is 41.6 Å². The van der Waals surface area contributed by atoms with E-state index in [1.54, 1.807) is 31.2 Å². The maximum Gasteiger partial charge on any atom is 0.341 e. The van der Waals surface area contributed by atoms with E-state index in [0.29, 0.717) is 33.8 Å². The number of carboxylic acid groups (broad SMARTS) is 2. The molecule has 27 heavy (non-hydrogen) atoms. The number of aromatic carboxylic acids is 1. The minimum Gasteiger partial charge on any atom is -0.490 e. The van der Waals surface area contributed by atoms with Crippen molar-refractivity contribution in [3.63, 3.8) is 0 Å². The van der Waals surface area contributed by atoms with Crippen LogP contribution in [0.5, 0.6) is 11.5 Å². The summed E-state index contributed by atoms with van der Waals surface area (Å²) in [5.74, 6) is -1.43. The molecule has 0 spiro atoms. The van der Waals surface area contributed by atoms with Gasteiger partial charge >= 0.3 is 11.9 Å². The van der Waals surface area contributed by atoms with Crippen molar-refractivity contribution in [3.05, 3.63) is 52.0 Å². The molecule has 142 valence electrons. The third-order valence-electron chi connectivity index (χ3n) is 3.22. The van der Waals surface area contributed by atoms with Gasteiger partial charge in [0.1, 0.15) is 0 Å². The molecule has 0 amide bonds. The molecule has 2 aromatic rings. The molecule has 0 saturated heterocycles. The first-order valence-electron chi connectivity index (χ1n) is 7.84. The van der Waals surface area contributed by atoms with Gasteiger partial charge in [0.25, 0.3) is 0 Å². The Balaban J connectivity index is 2.18. The predicted molar refractivity (Wildman–Crippen MR) is 103 cm³/mol. The highest BCUT2D eigenvalue weighted by Gasteiger charge is 2.11. The summed E-state index contributed by atoms with van der Waals surface area (Å²) in [6.07, 6.45) is 1.51. The summed E-state index contributed by atoms with van der Waals surface area (Å²) < 4.78 is 11.3. The number of hydrazone groups is 1. The fourth-order valence-corrected chi connectivity index (χ4v) is 2.49. The Morgan fingerprint density at radius 3 is 2.59 bits per heavy atom. The van der Waals surface area contributed by atoms with E-state index in [1.165, 1.54) is 18.3 Å². The maximum atomic E-state index is 11.0. The Morgan fingerprint density at radius 1 is 1.19 bits per heavy atom. The maximum absolute atomic E-state index is 11.0. The number of nitrogens with one attached hydrogen (secondary N) is 1. The van der Waals surface area contributed by atoms with E-state index >= 15 is 0 Å². The van der Waals surface area contributed by atoms with Crippen molar-refractivity contribution < 1.29 is 29.3 Å². The summed E-state index contributed by atoms with van der Waals surface area (Å²) in [7, 11) is 0. The molecule has 0 saturated carbocycles. The monoisotopic (exact) mass is 436 g/mol. The molecule has 0 aliphatic carbocycles. The Hall–Kier alpha value is -3.07. The lowest BCUT2D eigenvalue weighted by atomic mass is 10.2. The lowest BCUT2D eigenvalue weighted by molar-refractivity contribution is -0.139. The molecular formula is C18H17BrN2O6. The first-order chi connectivity index (χ1) is 12.9. The molecule has 0 fully saturated rings. The van der Waals surface area contributed by atoms with E-state index in [9.17, 15) is 9.59 Å². The molecular weight excluding hydrogens is 420 g/mol. The van der Waals surface area contributed by atoms with Crippen LogP contribution in [0.3, 0.4) is 0 Å². The molecule has 0 aromatic heterocycles. The molecule has 0 aliphatic heterocycles. The molecule has 0 radical (unpaired) electrons. The molecule has 2 aromatic carbocycles. The molecule has 0 bridgehead atoms. The van der Waals surface area contributed by atoms with Crippen molar-refractivity contribution in [1.82, 2.24) is 0 Å². The summed E-state index contributed by atoms with van der Waals surface area (Å²) in [5, 5.41) is 21.8. The molecule has 8 nitrogen and oxygen atoms in total. The average Bonchev–Trinajstić information content (AvgIpc) is 2.63. The van der Waals surface area contributed by atoms with Crippen LogP contribution in [0.1, 0.15) is 22.8 Å². The first-order valence-corrected chi connectivity index (χ1v) is 8.63. The highest BCUT2D eigenvalue weighted by molar-refractivity contribution is 9.10. The van der Waals surface area contributed by atoms with E-state index in [2.05, 4.69) is 26.5 Å². The van der Waals surface area contributed by atoms with Gasteiger partial charge in [0.15, 0.2) is 18.1 Å². The van der Waals surface area contributed by atoms with E-state index in [0.717, 1.165) is 0 Å². The third kappa shape index (κ3) is 6.00. The second-order valence-electron chi connectivity index (χ2n) is 5.19. The predicted octanol–water partition coefficient (Wildman–Crippen LogP) is 3.46. The Kier molecular flexibility index (Phi) is 7.18. The van der Waals surface area contributed by atoms with Crippen LogP contribution < -0.4 is 14.9 Å². The van der Waals surface area contributed by atoms with Crippen molar-refractivity contribution in [2.75, 3.05) is 18.6 Å². The number of ether oxygens (including phenoxy) is 2. The quantitative estimate of drug-likeness (QED) is 0.406. The Morgan fingerprint density at radius 2 is 1.93 bits per heavy atom. The van der Waals surface area contributed by atoms with Gasteiger partial charge < -0.3 is 19.7 Å². The van der Waals surface area contributed by atoms with E-state index in [4.69, 9.17) is 19.7 Å². The Labute approximate surface area is 163 Å². The lowest BCUT2D eigenvalue weighted by Gasteiger charge is -2.12. The highest BCUT2D eigenvalue weighted by atomic mass is 79.9. The standard InChI is InChI=1S/C18H17BrN2O6/c1-2-26-15-7-12(14(19)8-16(15)27-10-17(22)23)9-20-21-13-5-3-4-11(6-13)18(24)25/h3-9,21H,2,10H2,1H3,(H,22,23)(H,24,25)/b20-9+. The van der Waals surface area contributed by atoms with Crippen LogP contribution in [0.4, 0.5) is 5.69 Å². The van der Waals surface area contributed by atoms with E-state index < -0.39 is 18.5 Å². The molecule has 0 atom stereocenters. The van der Waals surface area contributed by atoms with Gasteiger partial charge in [-0.15, -0.1) is 0 Å². The van der Waals surface area contributed by atoms with Crippen LogP contribution in [-0.2, 0) is 4.79 Å². The Bertz CT molecular complexity index is 869. The minimum absolute atomic E-state index is 0.148. The van der Waals surface area contributed by atoms with Crippen LogP contribution in [0.2, 0.25) is 0 Å². The zero-order valence-corrected chi connectivity index (χ0v) is 15.9. The number of carbonyl (C=O) groups is 2. The van der Waals surface area contributed by atoms with Crippen LogP contribution in [0.25, 0.3) is 0 Å². The first kappa shape index (κ1) is 20.2. The van der Waals surface area contributed by atoms with Gasteiger partial charge in [0.05, 0.1) is 24.1 Å². The number of anilines is 1. The summed E-state index contributed by atoms with van der Waals surface area (Å²) in [5.41, 5.74) is 4.08. The zero-order chi connectivity index (χ0) is 19.8. The number of halogens is 1. The molecule has 3 N–H and O–H groups in total. The molecule has 0 aliphatic rings. The van der Waals surface area contributed by atoms with Gasteiger partial charge in [0, 0.05) is 10.0 Å². The number of benzene rings is 2. The van der Waals surface area contributed by atoms with Crippen molar-refractivity contribution in [2.24, 2.45) is 5.10 Å². The van der Waals surface area contributed by atoms with Gasteiger partial charge in [-0.1, -0.05) is 6.07 Å². The zero-order valence-electron chi connectivity index (χ0n) is 14.3. The largest absolute Gasteiger partial charge is 0.490 e. The van der Waals surface area contributed by atoms with Gasteiger partial charge in [-0.2, -0.15) is 5.10 Å². The number of rotatable bonds is 9. The van der Waals surface area contributed by atoms with Crippen molar-refractivity contribution in [3.8, 4) is 11.5 Å². The summed E-state index contributed by atoms with van der Waals surface area (Å²) in [6.45, 7) is 1.69. The van der Waals surface area contributed by atoms with Gasteiger partial charge in [-0.05, 0) is 53.2 Å². The summed E-state index contributed by atoms with van der Waals surface area (Å²) >= 11 is 3.38. The topological polar surface area (TPSA) is 117 Å². The molecule has 0 unspecified atom stereocenters. The van der Waals surface area contributed by atoms with Crippen LogP contribution in [0, 0.1) is 0 Å².